The zero-order chi connectivity index (χ0) is 14.3. The summed E-state index contributed by atoms with van der Waals surface area (Å²) in [4.78, 5) is 13.8. The molecule has 0 aliphatic heterocycles. The number of aryl methyl sites for hydroxylation is 2. The monoisotopic (exact) mass is 281 g/mol. The molecule has 0 radical (unpaired) electrons. The first kappa shape index (κ1) is 15.7. The van der Waals surface area contributed by atoms with Gasteiger partial charge in [-0.05, 0) is 24.0 Å². The lowest BCUT2D eigenvalue weighted by atomic mass is 10.0. The van der Waals surface area contributed by atoms with Gasteiger partial charge in [-0.3, -0.25) is 9.69 Å². The molecule has 1 amide bonds. The number of halogens is 1. The van der Waals surface area contributed by atoms with Gasteiger partial charge in [0.1, 0.15) is 6.73 Å². The second-order valence-corrected chi connectivity index (χ2v) is 4.36. The molecule has 0 aromatic heterocycles. The molecule has 1 rings (SSSR count). The Labute approximate surface area is 119 Å². The third-order valence-corrected chi connectivity index (χ3v) is 3.09. The van der Waals surface area contributed by atoms with E-state index in [1.165, 1.54) is 11.6 Å². The summed E-state index contributed by atoms with van der Waals surface area (Å²) in [6.07, 6.45) is 3.06. The SMILES string of the molecule is CCc1cccc(CC)c1N(COC)C(=O)/C=C/Cl. The number of amides is 1. The van der Waals surface area contributed by atoms with E-state index < -0.39 is 0 Å². The van der Waals surface area contributed by atoms with Crippen molar-refractivity contribution in [3.8, 4) is 0 Å². The second kappa shape index (κ2) is 7.97. The molecular weight excluding hydrogens is 262 g/mol. The van der Waals surface area contributed by atoms with Gasteiger partial charge in [0.2, 0.25) is 0 Å². The molecular formula is C15H20ClNO2. The predicted octanol–water partition coefficient (Wildman–Crippen LogP) is 3.50. The Morgan fingerprint density at radius 1 is 1.32 bits per heavy atom. The Kier molecular flexibility index (Phi) is 6.60. The number of carbonyl (C=O) groups is 1. The van der Waals surface area contributed by atoms with E-state index in [1.807, 2.05) is 18.2 Å². The van der Waals surface area contributed by atoms with Crippen LogP contribution < -0.4 is 4.90 Å². The van der Waals surface area contributed by atoms with Crippen molar-refractivity contribution in [1.29, 1.82) is 0 Å². The van der Waals surface area contributed by atoms with Crippen LogP contribution in [0, 0.1) is 0 Å². The van der Waals surface area contributed by atoms with E-state index in [2.05, 4.69) is 13.8 Å². The fourth-order valence-corrected chi connectivity index (χ4v) is 2.18. The number of ether oxygens (including phenoxy) is 1. The summed E-state index contributed by atoms with van der Waals surface area (Å²) in [6.45, 7) is 4.36. The summed E-state index contributed by atoms with van der Waals surface area (Å²) >= 11 is 5.51. The van der Waals surface area contributed by atoms with Gasteiger partial charge in [-0.15, -0.1) is 0 Å². The molecule has 0 atom stereocenters. The minimum absolute atomic E-state index is 0.174. The smallest absolute Gasteiger partial charge is 0.253 e. The van der Waals surface area contributed by atoms with Crippen LogP contribution in [-0.2, 0) is 22.4 Å². The van der Waals surface area contributed by atoms with E-state index in [0.29, 0.717) is 0 Å². The van der Waals surface area contributed by atoms with Crippen LogP contribution in [0.1, 0.15) is 25.0 Å². The molecule has 3 nitrogen and oxygen atoms in total. The van der Waals surface area contributed by atoms with E-state index in [-0.39, 0.29) is 12.6 Å². The first-order valence-electron chi connectivity index (χ1n) is 6.37. The summed E-state index contributed by atoms with van der Waals surface area (Å²) < 4.78 is 5.15. The Morgan fingerprint density at radius 2 is 1.89 bits per heavy atom. The van der Waals surface area contributed by atoms with Crippen molar-refractivity contribution in [2.45, 2.75) is 26.7 Å². The van der Waals surface area contributed by atoms with Crippen molar-refractivity contribution in [3.63, 3.8) is 0 Å². The highest BCUT2D eigenvalue weighted by atomic mass is 35.5. The summed E-state index contributed by atoms with van der Waals surface area (Å²) in [5.74, 6) is -0.174. The Morgan fingerprint density at radius 3 is 2.32 bits per heavy atom. The number of rotatable bonds is 6. The van der Waals surface area contributed by atoms with Crippen molar-refractivity contribution in [2.24, 2.45) is 0 Å². The minimum Gasteiger partial charge on any atom is -0.364 e. The Hall–Kier alpha value is -1.32. The van der Waals surface area contributed by atoms with Gasteiger partial charge >= 0.3 is 0 Å². The van der Waals surface area contributed by atoms with Crippen molar-refractivity contribution >= 4 is 23.2 Å². The number of para-hydroxylation sites is 1. The summed E-state index contributed by atoms with van der Waals surface area (Å²) in [7, 11) is 1.57. The van der Waals surface area contributed by atoms with Crippen LogP contribution in [0.2, 0.25) is 0 Å². The molecule has 0 unspecified atom stereocenters. The molecule has 0 fully saturated rings. The highest BCUT2D eigenvalue weighted by molar-refractivity contribution is 6.27. The zero-order valence-corrected chi connectivity index (χ0v) is 12.4. The van der Waals surface area contributed by atoms with Gasteiger partial charge < -0.3 is 4.74 Å². The van der Waals surface area contributed by atoms with Crippen LogP contribution in [0.5, 0.6) is 0 Å². The Balaban J connectivity index is 3.31. The predicted molar refractivity (Wildman–Crippen MR) is 79.6 cm³/mol. The molecule has 0 aliphatic carbocycles. The first-order chi connectivity index (χ1) is 9.19. The quantitative estimate of drug-likeness (QED) is 0.590. The average molecular weight is 282 g/mol. The van der Waals surface area contributed by atoms with E-state index in [9.17, 15) is 4.79 Å². The molecule has 0 saturated carbocycles. The highest BCUT2D eigenvalue weighted by Crippen LogP contribution is 2.27. The number of anilines is 1. The van der Waals surface area contributed by atoms with Crippen molar-refractivity contribution in [1.82, 2.24) is 0 Å². The maximum Gasteiger partial charge on any atom is 0.253 e. The van der Waals surface area contributed by atoms with Gasteiger partial charge in [0, 0.05) is 18.7 Å². The second-order valence-electron chi connectivity index (χ2n) is 4.11. The van der Waals surface area contributed by atoms with Gasteiger partial charge in [0.25, 0.3) is 5.91 Å². The number of nitrogens with zero attached hydrogens (tertiary/aromatic N) is 1. The van der Waals surface area contributed by atoms with Crippen molar-refractivity contribution in [3.05, 3.63) is 40.9 Å². The molecule has 0 spiro atoms. The van der Waals surface area contributed by atoms with E-state index in [0.717, 1.165) is 29.7 Å². The van der Waals surface area contributed by atoms with Crippen LogP contribution >= 0.6 is 11.6 Å². The lowest BCUT2D eigenvalue weighted by Crippen LogP contribution is -2.33. The summed E-state index contributed by atoms with van der Waals surface area (Å²) in [5.41, 5.74) is 4.43. The molecule has 4 heteroatoms. The minimum atomic E-state index is -0.174. The van der Waals surface area contributed by atoms with E-state index in [1.54, 1.807) is 12.0 Å². The molecule has 0 saturated heterocycles. The van der Waals surface area contributed by atoms with Gasteiger partial charge in [-0.2, -0.15) is 0 Å². The van der Waals surface area contributed by atoms with Crippen molar-refractivity contribution in [2.75, 3.05) is 18.7 Å². The summed E-state index contributed by atoms with van der Waals surface area (Å²) in [6, 6.07) is 6.09. The normalized spacial score (nSPS) is 10.9. The number of methoxy groups -OCH3 is 1. The molecule has 1 aromatic rings. The molecule has 0 aliphatic rings. The molecule has 0 heterocycles. The molecule has 0 bridgehead atoms. The fourth-order valence-electron chi connectivity index (χ4n) is 2.07. The lowest BCUT2D eigenvalue weighted by molar-refractivity contribution is -0.115. The maximum atomic E-state index is 12.1. The van der Waals surface area contributed by atoms with Gasteiger partial charge in [0.05, 0.1) is 5.69 Å². The lowest BCUT2D eigenvalue weighted by Gasteiger charge is -2.25. The van der Waals surface area contributed by atoms with Crippen LogP contribution in [0.25, 0.3) is 0 Å². The van der Waals surface area contributed by atoms with Gasteiger partial charge in [-0.25, -0.2) is 0 Å². The first-order valence-corrected chi connectivity index (χ1v) is 6.81. The average Bonchev–Trinajstić information content (AvgIpc) is 2.44. The Bertz CT molecular complexity index is 435. The van der Waals surface area contributed by atoms with Crippen molar-refractivity contribution < 1.29 is 9.53 Å². The third-order valence-electron chi connectivity index (χ3n) is 2.96. The summed E-state index contributed by atoms with van der Waals surface area (Å²) in [5, 5.41) is 0. The highest BCUT2D eigenvalue weighted by Gasteiger charge is 2.18. The number of benzene rings is 1. The standard InChI is InChI=1S/C15H20ClNO2/c1-4-12-7-6-8-13(5-2)15(12)17(11-19-3)14(18)9-10-16/h6-10H,4-5,11H2,1-3H3/b10-9+. The number of carbonyl (C=O) groups excluding carboxylic acids is 1. The fraction of sp³-hybridized carbons (Fsp3) is 0.400. The van der Waals surface area contributed by atoms with E-state index in [4.69, 9.17) is 16.3 Å². The third kappa shape index (κ3) is 3.82. The molecule has 19 heavy (non-hydrogen) atoms. The largest absolute Gasteiger partial charge is 0.364 e. The maximum absolute atomic E-state index is 12.1. The zero-order valence-electron chi connectivity index (χ0n) is 11.6. The number of hydrogen-bond donors (Lipinski definition) is 0. The van der Waals surface area contributed by atoms with E-state index >= 15 is 0 Å². The van der Waals surface area contributed by atoms with Crippen LogP contribution in [0.15, 0.2) is 29.8 Å². The molecule has 104 valence electrons. The van der Waals surface area contributed by atoms with Gasteiger partial charge in [0.15, 0.2) is 0 Å². The molecule has 1 aromatic carbocycles. The topological polar surface area (TPSA) is 29.5 Å². The van der Waals surface area contributed by atoms with Crippen LogP contribution in [-0.4, -0.2) is 19.7 Å². The molecule has 0 N–H and O–H groups in total. The van der Waals surface area contributed by atoms with Crippen LogP contribution in [0.3, 0.4) is 0 Å². The number of hydrogen-bond acceptors (Lipinski definition) is 2. The van der Waals surface area contributed by atoms with Crippen LogP contribution in [0.4, 0.5) is 5.69 Å². The van der Waals surface area contributed by atoms with Gasteiger partial charge in [-0.1, -0.05) is 43.6 Å².